The molecule has 0 amide bonds. The van der Waals surface area contributed by atoms with E-state index in [1.807, 2.05) is 0 Å². The zero-order chi connectivity index (χ0) is 24.0. The maximum absolute atomic E-state index is 12.0. The molecule has 2 aromatic carbocycles. The number of rotatable bonds is 6. The van der Waals surface area contributed by atoms with Crippen molar-refractivity contribution in [2.24, 2.45) is 4.99 Å². The Hall–Kier alpha value is -4.87. The van der Waals surface area contributed by atoms with Crippen LogP contribution in [-0.4, -0.2) is 39.9 Å². The second kappa shape index (κ2) is 7.92. The van der Waals surface area contributed by atoms with Crippen molar-refractivity contribution in [1.29, 1.82) is 0 Å². The molecule has 0 spiro atoms. The van der Waals surface area contributed by atoms with E-state index in [0.29, 0.717) is 33.8 Å². The summed E-state index contributed by atoms with van der Waals surface area (Å²) in [5, 5.41) is 25.9. The Morgan fingerprint density at radius 2 is 1.71 bits per heavy atom. The number of benzene rings is 2. The highest BCUT2D eigenvalue weighted by molar-refractivity contribution is 6.00. The van der Waals surface area contributed by atoms with E-state index in [4.69, 9.17) is 9.47 Å². The fourth-order valence-corrected chi connectivity index (χ4v) is 4.07. The van der Waals surface area contributed by atoms with E-state index in [1.54, 1.807) is 55.8 Å². The number of amidine groups is 1. The molecule has 12 nitrogen and oxygen atoms in total. The fourth-order valence-electron chi connectivity index (χ4n) is 4.07. The predicted molar refractivity (Wildman–Crippen MR) is 121 cm³/mol. The first-order valence-corrected chi connectivity index (χ1v) is 10.1. The number of hydrogen-bond acceptors (Lipinski definition) is 9. The molecule has 2 aliphatic heterocycles. The Kier molecular flexibility index (Phi) is 4.89. The van der Waals surface area contributed by atoms with Crippen molar-refractivity contribution in [2.75, 3.05) is 14.2 Å². The summed E-state index contributed by atoms with van der Waals surface area (Å²) in [6, 6.07) is 11.2. The third-order valence-electron chi connectivity index (χ3n) is 5.71. The number of nitrogens with one attached hydrogen (secondary N) is 2. The molecule has 0 aliphatic carbocycles. The molecule has 2 N–H and O–H groups in total. The van der Waals surface area contributed by atoms with Crippen molar-refractivity contribution in [3.8, 4) is 11.5 Å². The van der Waals surface area contributed by atoms with Crippen molar-refractivity contribution < 1.29 is 19.3 Å². The predicted octanol–water partition coefficient (Wildman–Crippen LogP) is 3.11. The smallest absolute Gasteiger partial charge is 0.319 e. The van der Waals surface area contributed by atoms with Crippen LogP contribution in [0.2, 0.25) is 0 Å². The summed E-state index contributed by atoms with van der Waals surface area (Å²) in [6.45, 7) is 0. The lowest BCUT2D eigenvalue weighted by Crippen LogP contribution is -2.42. The molecule has 12 heteroatoms. The van der Waals surface area contributed by atoms with Gasteiger partial charge in [-0.1, -0.05) is 0 Å². The van der Waals surface area contributed by atoms with Gasteiger partial charge in [0.2, 0.25) is 5.82 Å². The van der Waals surface area contributed by atoms with Gasteiger partial charge in [0.05, 0.1) is 30.1 Å². The van der Waals surface area contributed by atoms with Crippen LogP contribution < -0.4 is 14.9 Å². The van der Waals surface area contributed by atoms with E-state index in [9.17, 15) is 20.2 Å². The van der Waals surface area contributed by atoms with Gasteiger partial charge < -0.3 is 14.5 Å². The number of nitro groups is 2. The molecule has 34 heavy (non-hydrogen) atoms. The van der Waals surface area contributed by atoms with Gasteiger partial charge in [-0.25, -0.2) is 10.0 Å². The van der Waals surface area contributed by atoms with Gasteiger partial charge in [-0.2, -0.15) is 0 Å². The Morgan fingerprint density at radius 3 is 2.35 bits per heavy atom. The standard InChI is InChI=1S/C22H18N6O6/c1-33-13-5-3-12(4-6-13)21-24-22-19(28(31)32)10-18(27(29)30)20(26(22)25-21)16-11-23-17-8-7-14(34-2)9-15(16)17/h3-11,20,23H,1-2H3,(H,24,25). The number of methoxy groups -OCH3 is 2. The number of hydrazine groups is 1. The van der Waals surface area contributed by atoms with Crippen molar-refractivity contribution in [1.82, 2.24) is 15.4 Å². The topological polar surface area (TPSA) is 148 Å². The average Bonchev–Trinajstić information content (AvgIpc) is 3.47. The van der Waals surface area contributed by atoms with Crippen LogP contribution in [-0.2, 0) is 0 Å². The minimum absolute atomic E-state index is 0.0244. The number of allylic oxidation sites excluding steroid dienone is 1. The Morgan fingerprint density at radius 1 is 1.00 bits per heavy atom. The van der Waals surface area contributed by atoms with Gasteiger partial charge in [0.1, 0.15) is 11.5 Å². The molecule has 2 aliphatic rings. The summed E-state index contributed by atoms with van der Waals surface area (Å²) >= 11 is 0. The molecule has 3 heterocycles. The lowest BCUT2D eigenvalue weighted by molar-refractivity contribution is -0.445. The second-order valence-electron chi connectivity index (χ2n) is 7.52. The van der Waals surface area contributed by atoms with Crippen molar-refractivity contribution in [2.45, 2.75) is 6.04 Å². The van der Waals surface area contributed by atoms with Crippen LogP contribution in [0.3, 0.4) is 0 Å². The first kappa shape index (κ1) is 21.0. The molecule has 0 saturated heterocycles. The summed E-state index contributed by atoms with van der Waals surface area (Å²) in [5.41, 5.74) is 4.10. The zero-order valence-corrected chi connectivity index (χ0v) is 18.0. The molecule has 3 aromatic rings. The van der Waals surface area contributed by atoms with E-state index >= 15 is 0 Å². The van der Waals surface area contributed by atoms with Gasteiger partial charge in [0, 0.05) is 28.2 Å². The Bertz CT molecular complexity index is 1420. The van der Waals surface area contributed by atoms with Crippen LogP contribution in [0.25, 0.3) is 10.9 Å². The van der Waals surface area contributed by atoms with Gasteiger partial charge in [-0.15, -0.1) is 0 Å². The lowest BCUT2D eigenvalue weighted by Gasteiger charge is -2.29. The highest BCUT2D eigenvalue weighted by Gasteiger charge is 2.46. The minimum atomic E-state index is -1.01. The summed E-state index contributed by atoms with van der Waals surface area (Å²) in [6.07, 6.45) is 2.62. The number of fused-ring (bicyclic) bond motifs is 2. The van der Waals surface area contributed by atoms with E-state index in [1.165, 1.54) is 12.1 Å². The van der Waals surface area contributed by atoms with E-state index in [-0.39, 0.29) is 11.5 Å². The van der Waals surface area contributed by atoms with Gasteiger partial charge in [-0.05, 0) is 42.5 Å². The maximum atomic E-state index is 12.0. The second-order valence-corrected chi connectivity index (χ2v) is 7.52. The van der Waals surface area contributed by atoms with E-state index < -0.39 is 21.6 Å². The molecule has 0 fully saturated rings. The van der Waals surface area contributed by atoms with Crippen molar-refractivity contribution in [3.63, 3.8) is 0 Å². The van der Waals surface area contributed by atoms with Crippen molar-refractivity contribution in [3.05, 3.63) is 103 Å². The molecule has 172 valence electrons. The molecular formula is C22H18N6O6. The Labute approximate surface area is 192 Å². The van der Waals surface area contributed by atoms with Crippen LogP contribution in [0, 0.1) is 20.2 Å². The average molecular weight is 462 g/mol. The quantitative estimate of drug-likeness (QED) is 0.419. The number of aromatic nitrogens is 1. The molecule has 1 unspecified atom stereocenters. The molecule has 0 saturated carbocycles. The number of aliphatic imine (C=N–C) groups is 1. The summed E-state index contributed by atoms with van der Waals surface area (Å²) in [7, 11) is 3.07. The molecule has 1 aromatic heterocycles. The molecular weight excluding hydrogens is 444 g/mol. The first-order valence-electron chi connectivity index (χ1n) is 10.1. The normalized spacial score (nSPS) is 17.1. The Balaban J connectivity index is 1.67. The van der Waals surface area contributed by atoms with Crippen LogP contribution in [0.4, 0.5) is 0 Å². The van der Waals surface area contributed by atoms with Gasteiger partial charge in [-0.3, -0.25) is 25.7 Å². The number of aromatic amines is 1. The first-order chi connectivity index (χ1) is 16.4. The SMILES string of the molecule is COc1ccc(C2=NC3=C([N+](=O)[O-])C=C([N+](=O)[O-])C(c4c[nH]c5ccc(OC)cc45)N3N2)cc1. The zero-order valence-electron chi connectivity index (χ0n) is 18.0. The van der Waals surface area contributed by atoms with Gasteiger partial charge in [0.15, 0.2) is 11.9 Å². The van der Waals surface area contributed by atoms with Crippen LogP contribution in [0.1, 0.15) is 17.2 Å². The maximum Gasteiger partial charge on any atom is 0.319 e. The largest absolute Gasteiger partial charge is 0.497 e. The van der Waals surface area contributed by atoms with Crippen LogP contribution in [0.15, 0.2) is 76.9 Å². The fraction of sp³-hybridized carbons (Fsp3) is 0.136. The van der Waals surface area contributed by atoms with Crippen molar-refractivity contribution >= 4 is 16.7 Å². The third kappa shape index (κ3) is 3.28. The number of nitrogens with zero attached hydrogens (tertiary/aromatic N) is 4. The number of H-pyrrole nitrogens is 1. The van der Waals surface area contributed by atoms with Gasteiger partial charge >= 0.3 is 5.70 Å². The molecule has 1 atom stereocenters. The minimum Gasteiger partial charge on any atom is -0.497 e. The van der Waals surface area contributed by atoms with E-state index in [0.717, 1.165) is 11.6 Å². The molecule has 0 bridgehead atoms. The lowest BCUT2D eigenvalue weighted by atomic mass is 9.99. The highest BCUT2D eigenvalue weighted by Crippen LogP contribution is 2.42. The molecule has 5 rings (SSSR count). The number of hydrogen-bond donors (Lipinski definition) is 2. The number of ether oxygens (including phenoxy) is 2. The van der Waals surface area contributed by atoms with Crippen LogP contribution in [0.5, 0.6) is 11.5 Å². The van der Waals surface area contributed by atoms with E-state index in [2.05, 4.69) is 15.4 Å². The van der Waals surface area contributed by atoms with Crippen LogP contribution >= 0.6 is 0 Å². The summed E-state index contributed by atoms with van der Waals surface area (Å²) < 4.78 is 10.5. The third-order valence-corrected chi connectivity index (χ3v) is 5.71. The summed E-state index contributed by atoms with van der Waals surface area (Å²) in [5.74, 6) is 1.50. The summed E-state index contributed by atoms with van der Waals surface area (Å²) in [4.78, 5) is 30.1. The highest BCUT2D eigenvalue weighted by atomic mass is 16.6. The monoisotopic (exact) mass is 462 g/mol. The molecule has 0 radical (unpaired) electrons. The van der Waals surface area contributed by atoms with Gasteiger partial charge in [0.25, 0.3) is 5.70 Å².